The van der Waals surface area contributed by atoms with Crippen LogP contribution in [0.15, 0.2) is 18.2 Å². The Balaban J connectivity index is 2.31. The van der Waals surface area contributed by atoms with Gasteiger partial charge in [0.2, 0.25) is 0 Å². The van der Waals surface area contributed by atoms with E-state index in [1.54, 1.807) is 6.92 Å². The Morgan fingerprint density at radius 1 is 1.14 bits per heavy atom. The Kier molecular flexibility index (Phi) is 5.16. The SMILES string of the molecule is CC(=O)CC1CCCCCN1C(=O)c1c(C)cccc1C. The number of Topliss-reactive ketones (excluding diaryl/α,β-unsaturated/α-hetero) is 1. The molecule has 0 saturated carbocycles. The van der Waals surface area contributed by atoms with Gasteiger partial charge < -0.3 is 4.90 Å². The lowest BCUT2D eigenvalue weighted by molar-refractivity contribution is -0.118. The molecule has 1 fully saturated rings. The van der Waals surface area contributed by atoms with Crippen LogP contribution in [0.25, 0.3) is 0 Å². The third kappa shape index (κ3) is 3.72. The third-order valence-electron chi connectivity index (χ3n) is 4.36. The second-order valence-electron chi connectivity index (χ2n) is 6.17. The van der Waals surface area contributed by atoms with E-state index in [2.05, 4.69) is 0 Å². The smallest absolute Gasteiger partial charge is 0.254 e. The molecule has 0 aliphatic carbocycles. The zero-order valence-electron chi connectivity index (χ0n) is 13.3. The van der Waals surface area contributed by atoms with E-state index in [1.165, 1.54) is 0 Å². The van der Waals surface area contributed by atoms with Crippen molar-refractivity contribution in [2.45, 2.75) is 58.9 Å². The zero-order chi connectivity index (χ0) is 15.4. The molecule has 0 N–H and O–H groups in total. The molecule has 1 aromatic rings. The summed E-state index contributed by atoms with van der Waals surface area (Å²) in [5.74, 6) is 0.264. The van der Waals surface area contributed by atoms with Crippen molar-refractivity contribution >= 4 is 11.7 Å². The molecule has 21 heavy (non-hydrogen) atoms. The van der Waals surface area contributed by atoms with Crippen LogP contribution < -0.4 is 0 Å². The summed E-state index contributed by atoms with van der Waals surface area (Å²) in [7, 11) is 0. The zero-order valence-corrected chi connectivity index (χ0v) is 13.3. The summed E-state index contributed by atoms with van der Waals surface area (Å²) in [6.07, 6.45) is 4.71. The van der Waals surface area contributed by atoms with Crippen LogP contribution in [0.1, 0.15) is 60.5 Å². The fraction of sp³-hybridized carbons (Fsp3) is 0.556. The summed E-state index contributed by atoms with van der Waals surface area (Å²) < 4.78 is 0. The lowest BCUT2D eigenvalue weighted by Gasteiger charge is -2.30. The molecule has 2 rings (SSSR count). The van der Waals surface area contributed by atoms with E-state index >= 15 is 0 Å². The molecule has 1 unspecified atom stereocenters. The van der Waals surface area contributed by atoms with Crippen LogP contribution in [0.2, 0.25) is 0 Å². The summed E-state index contributed by atoms with van der Waals surface area (Å²) in [6.45, 7) is 6.35. The maximum atomic E-state index is 13.0. The van der Waals surface area contributed by atoms with E-state index in [-0.39, 0.29) is 17.7 Å². The lowest BCUT2D eigenvalue weighted by Crippen LogP contribution is -2.41. The standard InChI is InChI=1S/C18H25NO2/c1-13-8-7-9-14(2)17(13)18(21)19-11-6-4-5-10-16(19)12-15(3)20/h7-9,16H,4-6,10-12H2,1-3H3. The molecule has 0 bridgehead atoms. The van der Waals surface area contributed by atoms with Crippen molar-refractivity contribution in [2.75, 3.05) is 6.54 Å². The summed E-state index contributed by atoms with van der Waals surface area (Å²) in [5, 5.41) is 0. The van der Waals surface area contributed by atoms with Gasteiger partial charge in [0, 0.05) is 24.6 Å². The van der Waals surface area contributed by atoms with Gasteiger partial charge in [-0.05, 0) is 44.7 Å². The number of carbonyl (C=O) groups is 2. The van der Waals surface area contributed by atoms with Gasteiger partial charge in [0.25, 0.3) is 5.91 Å². The largest absolute Gasteiger partial charge is 0.335 e. The van der Waals surface area contributed by atoms with Gasteiger partial charge in [-0.3, -0.25) is 9.59 Å². The molecule has 0 radical (unpaired) electrons. The highest BCUT2D eigenvalue weighted by atomic mass is 16.2. The number of likely N-dealkylation sites (tertiary alicyclic amines) is 1. The van der Waals surface area contributed by atoms with E-state index < -0.39 is 0 Å². The van der Waals surface area contributed by atoms with Crippen LogP contribution >= 0.6 is 0 Å². The molecular formula is C18H25NO2. The molecule has 0 spiro atoms. The number of amides is 1. The van der Waals surface area contributed by atoms with Crippen molar-refractivity contribution in [3.63, 3.8) is 0 Å². The van der Waals surface area contributed by atoms with Gasteiger partial charge in [-0.15, -0.1) is 0 Å². The maximum absolute atomic E-state index is 13.0. The average Bonchev–Trinajstić information content (AvgIpc) is 2.63. The Morgan fingerprint density at radius 3 is 2.43 bits per heavy atom. The predicted octanol–water partition coefficient (Wildman–Crippen LogP) is 3.67. The minimum Gasteiger partial charge on any atom is -0.335 e. The van der Waals surface area contributed by atoms with Crippen LogP contribution in [-0.2, 0) is 4.79 Å². The first kappa shape index (κ1) is 15.7. The lowest BCUT2D eigenvalue weighted by atomic mass is 9.99. The molecule has 0 aromatic heterocycles. The van der Waals surface area contributed by atoms with E-state index in [4.69, 9.17) is 0 Å². The van der Waals surface area contributed by atoms with E-state index in [0.717, 1.165) is 48.9 Å². The van der Waals surface area contributed by atoms with Crippen LogP contribution in [0, 0.1) is 13.8 Å². The number of hydrogen-bond acceptors (Lipinski definition) is 2. The van der Waals surface area contributed by atoms with Crippen LogP contribution in [0.4, 0.5) is 0 Å². The number of hydrogen-bond donors (Lipinski definition) is 0. The third-order valence-corrected chi connectivity index (χ3v) is 4.36. The molecule has 1 atom stereocenters. The molecule has 1 amide bonds. The molecular weight excluding hydrogens is 262 g/mol. The monoisotopic (exact) mass is 287 g/mol. The Bertz CT molecular complexity index is 516. The molecule has 1 heterocycles. The first-order chi connectivity index (χ1) is 10.0. The van der Waals surface area contributed by atoms with Gasteiger partial charge in [-0.2, -0.15) is 0 Å². The van der Waals surface area contributed by atoms with Gasteiger partial charge in [0.15, 0.2) is 0 Å². The minimum absolute atomic E-state index is 0.0662. The van der Waals surface area contributed by atoms with Crippen LogP contribution in [0.5, 0.6) is 0 Å². The van der Waals surface area contributed by atoms with Gasteiger partial charge in [0.1, 0.15) is 5.78 Å². The fourth-order valence-corrected chi connectivity index (χ4v) is 3.28. The fourth-order valence-electron chi connectivity index (χ4n) is 3.28. The normalized spacial score (nSPS) is 19.2. The maximum Gasteiger partial charge on any atom is 0.254 e. The quantitative estimate of drug-likeness (QED) is 0.850. The number of rotatable bonds is 3. The van der Waals surface area contributed by atoms with E-state index in [1.807, 2.05) is 36.9 Å². The van der Waals surface area contributed by atoms with Gasteiger partial charge in [-0.25, -0.2) is 0 Å². The number of benzene rings is 1. The summed E-state index contributed by atoms with van der Waals surface area (Å²) in [4.78, 5) is 26.5. The number of aryl methyl sites for hydroxylation is 2. The van der Waals surface area contributed by atoms with E-state index in [9.17, 15) is 9.59 Å². The summed E-state index contributed by atoms with van der Waals surface area (Å²) in [6, 6.07) is 6.02. The molecule has 114 valence electrons. The van der Waals surface area contributed by atoms with Gasteiger partial charge >= 0.3 is 0 Å². The summed E-state index contributed by atoms with van der Waals surface area (Å²) in [5.41, 5.74) is 2.85. The van der Waals surface area contributed by atoms with Crippen molar-refractivity contribution < 1.29 is 9.59 Å². The summed E-state index contributed by atoms with van der Waals surface area (Å²) >= 11 is 0. The highest BCUT2D eigenvalue weighted by Gasteiger charge is 2.28. The second kappa shape index (κ2) is 6.88. The van der Waals surface area contributed by atoms with Crippen molar-refractivity contribution in [1.82, 2.24) is 4.90 Å². The highest BCUT2D eigenvalue weighted by molar-refractivity contribution is 5.97. The first-order valence-electron chi connectivity index (χ1n) is 7.87. The molecule has 1 aliphatic rings. The molecule has 3 heteroatoms. The predicted molar refractivity (Wildman–Crippen MR) is 84.5 cm³/mol. The van der Waals surface area contributed by atoms with Crippen molar-refractivity contribution in [3.05, 3.63) is 34.9 Å². The first-order valence-corrected chi connectivity index (χ1v) is 7.87. The molecule has 1 saturated heterocycles. The Hall–Kier alpha value is -1.64. The molecule has 1 aliphatic heterocycles. The Labute approximate surface area is 127 Å². The molecule has 1 aromatic carbocycles. The van der Waals surface area contributed by atoms with Crippen molar-refractivity contribution in [3.8, 4) is 0 Å². The van der Waals surface area contributed by atoms with Crippen LogP contribution in [0.3, 0.4) is 0 Å². The number of nitrogens with zero attached hydrogens (tertiary/aromatic N) is 1. The molecule has 3 nitrogen and oxygen atoms in total. The number of carbonyl (C=O) groups excluding carboxylic acids is 2. The van der Waals surface area contributed by atoms with Gasteiger partial charge in [-0.1, -0.05) is 31.0 Å². The second-order valence-corrected chi connectivity index (χ2v) is 6.17. The Morgan fingerprint density at radius 2 is 1.81 bits per heavy atom. The highest BCUT2D eigenvalue weighted by Crippen LogP contribution is 2.24. The topological polar surface area (TPSA) is 37.4 Å². The van der Waals surface area contributed by atoms with Gasteiger partial charge in [0.05, 0.1) is 0 Å². The van der Waals surface area contributed by atoms with Crippen LogP contribution in [-0.4, -0.2) is 29.2 Å². The average molecular weight is 287 g/mol. The van der Waals surface area contributed by atoms with E-state index in [0.29, 0.717) is 6.42 Å². The minimum atomic E-state index is 0.0662. The van der Waals surface area contributed by atoms with Crippen molar-refractivity contribution in [1.29, 1.82) is 0 Å². The van der Waals surface area contributed by atoms with Crippen molar-refractivity contribution in [2.24, 2.45) is 0 Å². The number of ketones is 1.